The van der Waals surface area contributed by atoms with Crippen LogP contribution in [0.3, 0.4) is 0 Å². The average Bonchev–Trinajstić information content (AvgIpc) is 2.75. The van der Waals surface area contributed by atoms with Crippen LogP contribution in [-0.2, 0) is 9.59 Å². The highest BCUT2D eigenvalue weighted by atomic mass is 16.2. The van der Waals surface area contributed by atoms with E-state index in [0.29, 0.717) is 5.69 Å². The van der Waals surface area contributed by atoms with Gasteiger partial charge in [0.05, 0.1) is 12.5 Å². The Morgan fingerprint density at radius 3 is 2.03 bits per heavy atom. The number of rotatable bonds is 8. The van der Waals surface area contributed by atoms with E-state index < -0.39 is 0 Å². The fourth-order valence-electron chi connectivity index (χ4n) is 3.42. The SMILES string of the molecule is CC(=O)NC(CC(=O)Nc1ccc(NC(C)c2ccccc2)cc1)c1ccc(C)cc1. The Kier molecular flexibility index (Phi) is 7.44. The summed E-state index contributed by atoms with van der Waals surface area (Å²) in [6, 6.07) is 25.5. The fourth-order valence-corrected chi connectivity index (χ4v) is 3.42. The molecule has 0 aromatic heterocycles. The van der Waals surface area contributed by atoms with E-state index in [-0.39, 0.29) is 30.3 Å². The monoisotopic (exact) mass is 415 g/mol. The van der Waals surface area contributed by atoms with Crippen molar-refractivity contribution in [2.75, 3.05) is 10.6 Å². The van der Waals surface area contributed by atoms with Crippen LogP contribution in [0.2, 0.25) is 0 Å². The number of hydrogen-bond donors (Lipinski definition) is 3. The van der Waals surface area contributed by atoms with Crippen LogP contribution in [0.15, 0.2) is 78.9 Å². The summed E-state index contributed by atoms with van der Waals surface area (Å²) in [5, 5.41) is 9.25. The molecule has 0 aliphatic heterocycles. The van der Waals surface area contributed by atoms with Crippen LogP contribution in [0.1, 0.15) is 49.0 Å². The number of amides is 2. The van der Waals surface area contributed by atoms with Gasteiger partial charge >= 0.3 is 0 Å². The van der Waals surface area contributed by atoms with Crippen molar-refractivity contribution in [2.24, 2.45) is 0 Å². The smallest absolute Gasteiger partial charge is 0.226 e. The molecule has 160 valence electrons. The number of anilines is 2. The Morgan fingerprint density at radius 1 is 0.806 bits per heavy atom. The van der Waals surface area contributed by atoms with Crippen LogP contribution >= 0.6 is 0 Å². The van der Waals surface area contributed by atoms with E-state index in [1.165, 1.54) is 12.5 Å². The zero-order valence-corrected chi connectivity index (χ0v) is 18.2. The van der Waals surface area contributed by atoms with Gasteiger partial charge < -0.3 is 16.0 Å². The van der Waals surface area contributed by atoms with E-state index >= 15 is 0 Å². The van der Waals surface area contributed by atoms with Crippen molar-refractivity contribution in [3.63, 3.8) is 0 Å². The molecule has 3 aromatic carbocycles. The molecule has 2 unspecified atom stereocenters. The van der Waals surface area contributed by atoms with Gasteiger partial charge in [0.1, 0.15) is 0 Å². The van der Waals surface area contributed by atoms with Gasteiger partial charge in [0.2, 0.25) is 11.8 Å². The summed E-state index contributed by atoms with van der Waals surface area (Å²) in [6.07, 6.45) is 0.160. The van der Waals surface area contributed by atoms with Crippen LogP contribution in [0.25, 0.3) is 0 Å². The Bertz CT molecular complexity index is 999. The molecule has 0 spiro atoms. The quantitative estimate of drug-likeness (QED) is 0.463. The summed E-state index contributed by atoms with van der Waals surface area (Å²) in [5.74, 6) is -0.320. The van der Waals surface area contributed by atoms with Gasteiger partial charge in [0, 0.05) is 24.3 Å². The predicted molar refractivity (Wildman–Crippen MR) is 126 cm³/mol. The van der Waals surface area contributed by atoms with E-state index in [2.05, 4.69) is 35.0 Å². The minimum atomic E-state index is -0.370. The van der Waals surface area contributed by atoms with Crippen molar-refractivity contribution in [3.05, 3.63) is 95.6 Å². The molecule has 2 amide bonds. The molecule has 0 bridgehead atoms. The van der Waals surface area contributed by atoms with Gasteiger partial charge in [-0.25, -0.2) is 0 Å². The van der Waals surface area contributed by atoms with Crippen molar-refractivity contribution in [1.29, 1.82) is 0 Å². The Labute approximate surface area is 183 Å². The van der Waals surface area contributed by atoms with E-state index in [1.807, 2.05) is 73.7 Å². The van der Waals surface area contributed by atoms with Gasteiger partial charge in [-0.15, -0.1) is 0 Å². The third-order valence-electron chi connectivity index (χ3n) is 5.10. The van der Waals surface area contributed by atoms with Gasteiger partial charge in [0.15, 0.2) is 0 Å². The van der Waals surface area contributed by atoms with Crippen molar-refractivity contribution < 1.29 is 9.59 Å². The lowest BCUT2D eigenvalue weighted by atomic mass is 10.0. The second-order valence-corrected chi connectivity index (χ2v) is 7.77. The molecule has 0 saturated heterocycles. The summed E-state index contributed by atoms with van der Waals surface area (Å²) >= 11 is 0. The van der Waals surface area contributed by atoms with E-state index in [1.54, 1.807) is 0 Å². The molecule has 5 heteroatoms. The standard InChI is InChI=1S/C26H29N3O2/c1-18-9-11-22(12-10-18)25(28-20(3)30)17-26(31)29-24-15-13-23(14-16-24)27-19(2)21-7-5-4-6-8-21/h4-16,19,25,27H,17H2,1-3H3,(H,28,30)(H,29,31). The maximum atomic E-state index is 12.6. The molecular formula is C26H29N3O2. The van der Waals surface area contributed by atoms with Crippen LogP contribution < -0.4 is 16.0 Å². The first-order valence-electron chi connectivity index (χ1n) is 10.5. The number of nitrogens with one attached hydrogen (secondary N) is 3. The van der Waals surface area contributed by atoms with E-state index in [9.17, 15) is 9.59 Å². The molecule has 5 nitrogen and oxygen atoms in total. The van der Waals surface area contributed by atoms with Gasteiger partial charge in [-0.1, -0.05) is 60.2 Å². The maximum Gasteiger partial charge on any atom is 0.226 e. The first-order valence-corrected chi connectivity index (χ1v) is 10.5. The third-order valence-corrected chi connectivity index (χ3v) is 5.10. The second-order valence-electron chi connectivity index (χ2n) is 7.77. The Hall–Kier alpha value is -3.60. The zero-order chi connectivity index (χ0) is 22.2. The third kappa shape index (κ3) is 6.71. The summed E-state index contributed by atoms with van der Waals surface area (Å²) in [6.45, 7) is 5.57. The minimum Gasteiger partial charge on any atom is -0.379 e. The van der Waals surface area contributed by atoms with Gasteiger partial charge in [-0.2, -0.15) is 0 Å². The second kappa shape index (κ2) is 10.4. The summed E-state index contributed by atoms with van der Waals surface area (Å²) in [5.41, 5.74) is 4.94. The normalized spacial score (nSPS) is 12.5. The molecular weight excluding hydrogens is 386 g/mol. The molecule has 0 heterocycles. The van der Waals surface area contributed by atoms with Crippen LogP contribution in [0.4, 0.5) is 11.4 Å². The number of benzene rings is 3. The molecule has 3 aromatic rings. The summed E-state index contributed by atoms with van der Waals surface area (Å²) in [4.78, 5) is 24.2. The lowest BCUT2D eigenvalue weighted by molar-refractivity contribution is -0.120. The number of hydrogen-bond acceptors (Lipinski definition) is 3. The molecule has 3 rings (SSSR count). The van der Waals surface area contributed by atoms with Gasteiger partial charge in [-0.05, 0) is 49.2 Å². The fraction of sp³-hybridized carbons (Fsp3) is 0.231. The van der Waals surface area contributed by atoms with Crippen molar-refractivity contribution >= 4 is 23.2 Å². The number of aryl methyl sites for hydroxylation is 1. The zero-order valence-electron chi connectivity index (χ0n) is 18.2. The lowest BCUT2D eigenvalue weighted by Crippen LogP contribution is -2.29. The molecule has 3 N–H and O–H groups in total. The molecule has 0 radical (unpaired) electrons. The van der Waals surface area contributed by atoms with Crippen LogP contribution in [0, 0.1) is 6.92 Å². The van der Waals surface area contributed by atoms with Crippen molar-refractivity contribution in [2.45, 2.75) is 39.3 Å². The van der Waals surface area contributed by atoms with Crippen molar-refractivity contribution in [3.8, 4) is 0 Å². The molecule has 0 fully saturated rings. The first kappa shape index (κ1) is 22.1. The van der Waals surface area contributed by atoms with Crippen molar-refractivity contribution in [1.82, 2.24) is 5.32 Å². The van der Waals surface area contributed by atoms with E-state index in [0.717, 1.165) is 16.8 Å². The number of carbonyl (C=O) groups is 2. The lowest BCUT2D eigenvalue weighted by Gasteiger charge is -2.19. The molecule has 0 aliphatic carbocycles. The Morgan fingerprint density at radius 2 is 1.42 bits per heavy atom. The molecule has 0 saturated carbocycles. The van der Waals surface area contributed by atoms with Gasteiger partial charge in [0.25, 0.3) is 0 Å². The van der Waals surface area contributed by atoms with E-state index in [4.69, 9.17) is 0 Å². The topological polar surface area (TPSA) is 70.2 Å². The summed E-state index contributed by atoms with van der Waals surface area (Å²) in [7, 11) is 0. The highest BCUT2D eigenvalue weighted by Crippen LogP contribution is 2.22. The highest BCUT2D eigenvalue weighted by molar-refractivity contribution is 5.91. The summed E-state index contributed by atoms with van der Waals surface area (Å²) < 4.78 is 0. The van der Waals surface area contributed by atoms with Crippen LogP contribution in [0.5, 0.6) is 0 Å². The molecule has 2 atom stereocenters. The average molecular weight is 416 g/mol. The predicted octanol–water partition coefficient (Wildman–Crippen LogP) is 5.37. The maximum absolute atomic E-state index is 12.6. The molecule has 31 heavy (non-hydrogen) atoms. The number of carbonyl (C=O) groups excluding carboxylic acids is 2. The first-order chi connectivity index (χ1) is 14.9. The highest BCUT2D eigenvalue weighted by Gasteiger charge is 2.17. The minimum absolute atomic E-state index is 0.155. The molecule has 0 aliphatic rings. The largest absolute Gasteiger partial charge is 0.379 e. The van der Waals surface area contributed by atoms with Gasteiger partial charge in [-0.3, -0.25) is 9.59 Å². The van der Waals surface area contributed by atoms with Crippen LogP contribution in [-0.4, -0.2) is 11.8 Å². The Balaban J connectivity index is 1.60.